The Hall–Kier alpha value is -2.44. The van der Waals surface area contributed by atoms with Gasteiger partial charge in [-0.2, -0.15) is 0 Å². The zero-order chi connectivity index (χ0) is 15.2. The predicted molar refractivity (Wildman–Crippen MR) is 79.9 cm³/mol. The number of hydrogen-bond donors (Lipinski definition) is 4. The maximum absolute atomic E-state index is 11.9. The fourth-order valence-electron chi connectivity index (χ4n) is 2.43. The van der Waals surface area contributed by atoms with Crippen LogP contribution in [0.15, 0.2) is 23.4 Å². The molecule has 0 unspecified atom stereocenters. The van der Waals surface area contributed by atoms with Gasteiger partial charge >= 0.3 is 6.03 Å². The molecule has 21 heavy (non-hydrogen) atoms. The number of nitrogens with two attached hydrogens (primary N) is 1. The van der Waals surface area contributed by atoms with Crippen LogP contribution in [0.5, 0.6) is 5.75 Å². The molecule has 5 N–H and O–H groups in total. The zero-order valence-corrected chi connectivity index (χ0v) is 11.9. The second-order valence-corrected chi connectivity index (χ2v) is 4.98. The Labute approximate surface area is 123 Å². The van der Waals surface area contributed by atoms with E-state index in [1.54, 1.807) is 18.2 Å². The standard InChI is InChI=1S/C14H20N4O3/c1-21-12-8-9(13(15)18-20)6-7-11(12)17-14(19)16-10-4-2-3-5-10/h6-8,10,20H,2-5H2,1H3,(H2,15,18)(H2,16,17,19). The van der Waals surface area contributed by atoms with Crippen molar-refractivity contribution in [1.82, 2.24) is 5.32 Å². The molecule has 0 aromatic heterocycles. The van der Waals surface area contributed by atoms with Gasteiger partial charge in [0, 0.05) is 11.6 Å². The van der Waals surface area contributed by atoms with Gasteiger partial charge in [0.2, 0.25) is 0 Å². The van der Waals surface area contributed by atoms with Crippen molar-refractivity contribution in [1.29, 1.82) is 0 Å². The molecule has 1 aromatic carbocycles. The van der Waals surface area contributed by atoms with E-state index in [-0.39, 0.29) is 17.9 Å². The van der Waals surface area contributed by atoms with Gasteiger partial charge in [-0.15, -0.1) is 0 Å². The first-order chi connectivity index (χ1) is 10.1. The van der Waals surface area contributed by atoms with Crippen molar-refractivity contribution in [2.24, 2.45) is 10.9 Å². The summed E-state index contributed by atoms with van der Waals surface area (Å²) < 4.78 is 5.22. The third-order valence-electron chi connectivity index (χ3n) is 3.54. The molecule has 0 spiro atoms. The maximum Gasteiger partial charge on any atom is 0.319 e. The smallest absolute Gasteiger partial charge is 0.319 e. The number of rotatable bonds is 4. The SMILES string of the molecule is COc1cc(/C(N)=N/O)ccc1NC(=O)NC1CCCC1. The first kappa shape index (κ1) is 15.0. The van der Waals surface area contributed by atoms with E-state index in [4.69, 9.17) is 15.7 Å². The third kappa shape index (κ3) is 3.77. The number of oxime groups is 1. The lowest BCUT2D eigenvalue weighted by Gasteiger charge is -2.15. The van der Waals surface area contributed by atoms with Gasteiger partial charge in [0.15, 0.2) is 5.84 Å². The number of nitrogens with zero attached hydrogens (tertiary/aromatic N) is 1. The van der Waals surface area contributed by atoms with Crippen molar-refractivity contribution >= 4 is 17.6 Å². The van der Waals surface area contributed by atoms with Crippen molar-refractivity contribution in [3.05, 3.63) is 23.8 Å². The highest BCUT2D eigenvalue weighted by Crippen LogP contribution is 2.26. The molecule has 2 rings (SSSR count). The number of hydrogen-bond acceptors (Lipinski definition) is 4. The average molecular weight is 292 g/mol. The van der Waals surface area contributed by atoms with Gasteiger partial charge in [-0.3, -0.25) is 0 Å². The summed E-state index contributed by atoms with van der Waals surface area (Å²) in [4.78, 5) is 11.9. The molecule has 0 saturated heterocycles. The minimum Gasteiger partial charge on any atom is -0.495 e. The van der Waals surface area contributed by atoms with Crippen LogP contribution in [0, 0.1) is 0 Å². The van der Waals surface area contributed by atoms with Crippen LogP contribution >= 0.6 is 0 Å². The fourth-order valence-corrected chi connectivity index (χ4v) is 2.43. The van der Waals surface area contributed by atoms with E-state index < -0.39 is 0 Å². The molecule has 0 aliphatic heterocycles. The lowest BCUT2D eigenvalue weighted by molar-refractivity contribution is 0.248. The number of benzene rings is 1. The largest absolute Gasteiger partial charge is 0.495 e. The van der Waals surface area contributed by atoms with E-state index in [2.05, 4.69) is 15.8 Å². The summed E-state index contributed by atoms with van der Waals surface area (Å²) >= 11 is 0. The summed E-state index contributed by atoms with van der Waals surface area (Å²) in [6.07, 6.45) is 4.35. The second kappa shape index (κ2) is 6.83. The zero-order valence-electron chi connectivity index (χ0n) is 11.9. The van der Waals surface area contributed by atoms with Gasteiger partial charge in [-0.25, -0.2) is 4.79 Å². The molecule has 1 saturated carbocycles. The average Bonchev–Trinajstić information content (AvgIpc) is 2.99. The van der Waals surface area contributed by atoms with E-state index in [1.807, 2.05) is 0 Å². The first-order valence-electron chi connectivity index (χ1n) is 6.87. The third-order valence-corrected chi connectivity index (χ3v) is 3.54. The molecule has 2 amide bonds. The minimum atomic E-state index is -0.253. The highest BCUT2D eigenvalue weighted by atomic mass is 16.5. The summed E-state index contributed by atoms with van der Waals surface area (Å²) in [6.45, 7) is 0. The lowest BCUT2D eigenvalue weighted by Crippen LogP contribution is -2.36. The number of nitrogens with one attached hydrogen (secondary N) is 2. The number of ether oxygens (including phenoxy) is 1. The number of methoxy groups -OCH3 is 1. The van der Waals surface area contributed by atoms with Crippen molar-refractivity contribution < 1.29 is 14.7 Å². The van der Waals surface area contributed by atoms with Gasteiger partial charge in [0.25, 0.3) is 0 Å². The molecular formula is C14H20N4O3. The van der Waals surface area contributed by atoms with Crippen molar-refractivity contribution in [3.63, 3.8) is 0 Å². The van der Waals surface area contributed by atoms with Crippen LogP contribution in [0.1, 0.15) is 31.2 Å². The molecule has 1 fully saturated rings. The molecule has 1 aromatic rings. The molecular weight excluding hydrogens is 272 g/mol. The van der Waals surface area contributed by atoms with E-state index >= 15 is 0 Å². The number of amidine groups is 1. The van der Waals surface area contributed by atoms with Crippen LogP contribution < -0.4 is 21.1 Å². The first-order valence-corrected chi connectivity index (χ1v) is 6.87. The van der Waals surface area contributed by atoms with Crippen molar-refractivity contribution in [3.8, 4) is 5.75 Å². The number of carbonyl (C=O) groups excluding carboxylic acids is 1. The van der Waals surface area contributed by atoms with Crippen LogP contribution in [0.25, 0.3) is 0 Å². The Balaban J connectivity index is 2.06. The molecule has 1 aliphatic rings. The van der Waals surface area contributed by atoms with Crippen LogP contribution in [0.4, 0.5) is 10.5 Å². The molecule has 0 atom stereocenters. The van der Waals surface area contributed by atoms with Gasteiger partial charge in [0.05, 0.1) is 12.8 Å². The van der Waals surface area contributed by atoms with Crippen LogP contribution in [0.2, 0.25) is 0 Å². The summed E-state index contributed by atoms with van der Waals surface area (Å²) in [5.74, 6) is 0.427. The van der Waals surface area contributed by atoms with E-state index in [9.17, 15) is 4.79 Å². The minimum absolute atomic E-state index is 0.0183. The molecule has 7 heteroatoms. The molecule has 1 aliphatic carbocycles. The summed E-state index contributed by atoms with van der Waals surface area (Å²) in [6, 6.07) is 4.88. The van der Waals surface area contributed by atoms with E-state index in [1.165, 1.54) is 7.11 Å². The Morgan fingerprint density at radius 1 is 1.43 bits per heavy atom. The predicted octanol–water partition coefficient (Wildman–Crippen LogP) is 1.85. The van der Waals surface area contributed by atoms with Crippen LogP contribution in [-0.2, 0) is 0 Å². The molecule has 0 radical (unpaired) electrons. The van der Waals surface area contributed by atoms with Crippen molar-refractivity contribution in [2.45, 2.75) is 31.7 Å². The Morgan fingerprint density at radius 3 is 2.76 bits per heavy atom. The van der Waals surface area contributed by atoms with Gasteiger partial charge < -0.3 is 26.3 Å². The van der Waals surface area contributed by atoms with E-state index in [0.717, 1.165) is 25.7 Å². The summed E-state index contributed by atoms with van der Waals surface area (Å²) in [5.41, 5.74) is 6.56. The monoisotopic (exact) mass is 292 g/mol. The normalized spacial score (nSPS) is 15.8. The Morgan fingerprint density at radius 2 is 2.14 bits per heavy atom. The lowest BCUT2D eigenvalue weighted by atomic mass is 10.1. The maximum atomic E-state index is 11.9. The van der Waals surface area contributed by atoms with Gasteiger partial charge in [-0.1, -0.05) is 18.0 Å². The Kier molecular flexibility index (Phi) is 4.86. The topological polar surface area (TPSA) is 109 Å². The fraction of sp³-hybridized carbons (Fsp3) is 0.429. The van der Waals surface area contributed by atoms with Crippen LogP contribution in [0.3, 0.4) is 0 Å². The number of urea groups is 1. The molecule has 7 nitrogen and oxygen atoms in total. The highest BCUT2D eigenvalue weighted by Gasteiger charge is 2.18. The summed E-state index contributed by atoms with van der Waals surface area (Å²) in [5, 5.41) is 17.3. The summed E-state index contributed by atoms with van der Waals surface area (Å²) in [7, 11) is 1.49. The molecule has 0 heterocycles. The molecule has 114 valence electrons. The molecule has 0 bridgehead atoms. The van der Waals surface area contributed by atoms with Crippen molar-refractivity contribution in [2.75, 3.05) is 12.4 Å². The van der Waals surface area contributed by atoms with Crippen LogP contribution in [-0.4, -0.2) is 30.2 Å². The van der Waals surface area contributed by atoms with Gasteiger partial charge in [0.1, 0.15) is 5.75 Å². The number of anilines is 1. The highest BCUT2D eigenvalue weighted by molar-refractivity contribution is 5.99. The number of carbonyl (C=O) groups is 1. The second-order valence-electron chi connectivity index (χ2n) is 4.98. The Bertz CT molecular complexity index is 539. The van der Waals surface area contributed by atoms with Gasteiger partial charge in [-0.05, 0) is 31.0 Å². The van der Waals surface area contributed by atoms with E-state index in [0.29, 0.717) is 17.0 Å². The quantitative estimate of drug-likeness (QED) is 0.294. The number of amides is 2.